The van der Waals surface area contributed by atoms with Crippen LogP contribution in [0.5, 0.6) is 5.75 Å². The lowest BCUT2D eigenvalue weighted by Gasteiger charge is -2.38. The number of rotatable bonds is 6. The number of carbonyl (C=O) groups excluding carboxylic acids is 1. The minimum atomic E-state index is -0.0591. The van der Waals surface area contributed by atoms with E-state index < -0.39 is 0 Å². The van der Waals surface area contributed by atoms with Gasteiger partial charge in [-0.15, -0.1) is 11.8 Å². The lowest BCUT2D eigenvalue weighted by atomic mass is 10.0. The number of ether oxygens (including phenoxy) is 2. The van der Waals surface area contributed by atoms with E-state index in [2.05, 4.69) is 29.2 Å². The van der Waals surface area contributed by atoms with Crippen molar-refractivity contribution in [2.24, 2.45) is 0 Å². The molecule has 0 bridgehead atoms. The molecule has 2 aliphatic heterocycles. The van der Waals surface area contributed by atoms with Crippen LogP contribution in [-0.2, 0) is 16.0 Å². The van der Waals surface area contributed by atoms with Crippen LogP contribution >= 0.6 is 11.8 Å². The van der Waals surface area contributed by atoms with E-state index >= 15 is 0 Å². The normalized spacial score (nSPS) is 19.0. The number of fused-ring (bicyclic) bond motifs is 1. The number of para-hydroxylation sites is 2. The number of carbonyl (C=O) groups is 1. The number of benzene rings is 2. The molecule has 2 heterocycles. The third kappa shape index (κ3) is 4.54. The number of hydrogen-bond acceptors (Lipinski definition) is 5. The molecule has 2 aromatic rings. The van der Waals surface area contributed by atoms with Crippen molar-refractivity contribution in [3.8, 4) is 5.75 Å². The fourth-order valence-electron chi connectivity index (χ4n) is 4.01. The van der Waals surface area contributed by atoms with Gasteiger partial charge in [0.05, 0.1) is 12.3 Å². The van der Waals surface area contributed by atoms with Crippen molar-refractivity contribution in [2.75, 3.05) is 57.2 Å². The number of aryl methyl sites for hydroxylation is 1. The zero-order chi connectivity index (χ0) is 20.1. The maximum Gasteiger partial charge on any atom is 0.240 e. The van der Waals surface area contributed by atoms with Crippen LogP contribution in [0.4, 0.5) is 5.69 Å². The fourth-order valence-corrected chi connectivity index (χ4v) is 5.28. The zero-order valence-electron chi connectivity index (χ0n) is 16.9. The van der Waals surface area contributed by atoms with Gasteiger partial charge in [-0.1, -0.05) is 36.4 Å². The molecule has 1 saturated heterocycles. The number of amides is 1. The van der Waals surface area contributed by atoms with Crippen molar-refractivity contribution in [2.45, 2.75) is 11.7 Å². The first kappa shape index (κ1) is 20.1. The monoisotopic (exact) mass is 412 g/mol. The number of methoxy groups -OCH3 is 1. The highest BCUT2D eigenvalue weighted by molar-refractivity contribution is 8.00. The molecule has 154 valence electrons. The summed E-state index contributed by atoms with van der Waals surface area (Å²) in [7, 11) is 1.68. The van der Waals surface area contributed by atoms with Crippen LogP contribution < -0.4 is 9.64 Å². The highest BCUT2D eigenvalue weighted by atomic mass is 32.2. The molecule has 0 aromatic heterocycles. The van der Waals surface area contributed by atoms with E-state index in [0.29, 0.717) is 13.2 Å². The number of anilines is 1. The topological polar surface area (TPSA) is 42.0 Å². The summed E-state index contributed by atoms with van der Waals surface area (Å²) in [6, 6.07) is 16.5. The Bertz CT molecular complexity index is 836. The predicted octanol–water partition coefficient (Wildman–Crippen LogP) is 3.39. The Kier molecular flexibility index (Phi) is 6.62. The molecule has 0 aliphatic carbocycles. The maximum absolute atomic E-state index is 13.2. The Morgan fingerprint density at radius 2 is 1.79 bits per heavy atom. The highest BCUT2D eigenvalue weighted by Gasteiger charge is 2.32. The van der Waals surface area contributed by atoms with Crippen LogP contribution in [0.15, 0.2) is 48.5 Å². The molecule has 29 heavy (non-hydrogen) atoms. The van der Waals surface area contributed by atoms with Gasteiger partial charge in [0.15, 0.2) is 0 Å². The first-order valence-electron chi connectivity index (χ1n) is 10.2. The third-order valence-corrected chi connectivity index (χ3v) is 6.79. The molecule has 0 unspecified atom stereocenters. The summed E-state index contributed by atoms with van der Waals surface area (Å²) in [6.45, 7) is 4.21. The van der Waals surface area contributed by atoms with Gasteiger partial charge in [0.1, 0.15) is 17.6 Å². The summed E-state index contributed by atoms with van der Waals surface area (Å²) in [6.07, 6.45) is 1.05. The summed E-state index contributed by atoms with van der Waals surface area (Å²) in [5.41, 5.74) is 3.62. The van der Waals surface area contributed by atoms with E-state index in [4.69, 9.17) is 9.47 Å². The number of thioether (sulfide) groups is 1. The van der Waals surface area contributed by atoms with Crippen LogP contribution in [0.1, 0.15) is 16.4 Å². The van der Waals surface area contributed by atoms with E-state index in [1.807, 2.05) is 29.2 Å². The summed E-state index contributed by atoms with van der Waals surface area (Å²) < 4.78 is 11.0. The molecule has 0 radical (unpaired) electrons. The quantitative estimate of drug-likeness (QED) is 0.681. The molecule has 6 heteroatoms. The molecule has 1 amide bonds. The SMILES string of the molecule is COCCOc1ccccc1N1CCN(C(=O)[C@@H]2SCCc3ccccc32)CC1. The Morgan fingerprint density at radius 3 is 2.62 bits per heavy atom. The van der Waals surface area contributed by atoms with Crippen LogP contribution in [0.25, 0.3) is 0 Å². The second-order valence-corrected chi connectivity index (χ2v) is 8.53. The number of nitrogens with zero attached hydrogens (tertiary/aromatic N) is 2. The molecule has 2 aliphatic rings. The fraction of sp³-hybridized carbons (Fsp3) is 0.435. The van der Waals surface area contributed by atoms with Crippen LogP contribution in [0, 0.1) is 0 Å². The molecular formula is C23H28N2O3S. The second kappa shape index (κ2) is 9.55. The number of hydrogen-bond donors (Lipinski definition) is 0. The predicted molar refractivity (Wildman–Crippen MR) is 118 cm³/mol. The van der Waals surface area contributed by atoms with Gasteiger partial charge in [0.25, 0.3) is 0 Å². The Labute approximate surface area is 177 Å². The van der Waals surface area contributed by atoms with E-state index in [1.165, 1.54) is 11.1 Å². The van der Waals surface area contributed by atoms with Gasteiger partial charge in [-0.25, -0.2) is 0 Å². The molecule has 0 saturated carbocycles. The maximum atomic E-state index is 13.2. The van der Waals surface area contributed by atoms with Crippen molar-refractivity contribution in [1.82, 2.24) is 4.90 Å². The van der Waals surface area contributed by atoms with Gasteiger partial charge in [-0.2, -0.15) is 0 Å². The molecule has 0 spiro atoms. The van der Waals surface area contributed by atoms with Crippen molar-refractivity contribution in [3.63, 3.8) is 0 Å². The summed E-state index contributed by atoms with van der Waals surface area (Å²) >= 11 is 1.78. The van der Waals surface area contributed by atoms with Gasteiger partial charge in [0.2, 0.25) is 5.91 Å². The van der Waals surface area contributed by atoms with Crippen molar-refractivity contribution < 1.29 is 14.3 Å². The lowest BCUT2D eigenvalue weighted by molar-refractivity contribution is -0.131. The molecule has 0 N–H and O–H groups in total. The molecular weight excluding hydrogens is 384 g/mol. The Hall–Kier alpha value is -2.18. The van der Waals surface area contributed by atoms with E-state index in [9.17, 15) is 4.79 Å². The van der Waals surface area contributed by atoms with Crippen LogP contribution in [0.2, 0.25) is 0 Å². The van der Waals surface area contributed by atoms with Crippen LogP contribution in [-0.4, -0.2) is 63.1 Å². The lowest BCUT2D eigenvalue weighted by Crippen LogP contribution is -2.50. The average Bonchev–Trinajstić information content (AvgIpc) is 2.79. The summed E-state index contributed by atoms with van der Waals surface area (Å²) in [4.78, 5) is 17.6. The second-order valence-electron chi connectivity index (χ2n) is 7.32. The van der Waals surface area contributed by atoms with E-state index in [1.54, 1.807) is 18.9 Å². The van der Waals surface area contributed by atoms with Crippen molar-refractivity contribution >= 4 is 23.4 Å². The zero-order valence-corrected chi connectivity index (χ0v) is 17.7. The third-order valence-electron chi connectivity index (χ3n) is 5.56. The largest absolute Gasteiger partial charge is 0.489 e. The average molecular weight is 413 g/mol. The molecule has 5 nitrogen and oxygen atoms in total. The molecule has 4 rings (SSSR count). The first-order valence-corrected chi connectivity index (χ1v) is 11.3. The number of piperazine rings is 1. The molecule has 1 fully saturated rings. The van der Waals surface area contributed by atoms with Gasteiger partial charge < -0.3 is 19.3 Å². The minimum Gasteiger partial charge on any atom is -0.489 e. The first-order chi connectivity index (χ1) is 14.3. The van der Waals surface area contributed by atoms with Gasteiger partial charge >= 0.3 is 0 Å². The summed E-state index contributed by atoms with van der Waals surface area (Å²) in [5, 5.41) is -0.0591. The Balaban J connectivity index is 1.40. The molecule has 1 atom stereocenters. The van der Waals surface area contributed by atoms with Crippen molar-refractivity contribution in [1.29, 1.82) is 0 Å². The highest BCUT2D eigenvalue weighted by Crippen LogP contribution is 2.38. The van der Waals surface area contributed by atoms with Gasteiger partial charge in [-0.05, 0) is 35.4 Å². The summed E-state index contributed by atoms with van der Waals surface area (Å²) in [5.74, 6) is 2.15. The van der Waals surface area contributed by atoms with Crippen LogP contribution in [0.3, 0.4) is 0 Å². The molecule has 2 aromatic carbocycles. The standard InChI is InChI=1S/C23H28N2O3S/c1-27-15-16-28-21-9-5-4-8-20(21)24-11-13-25(14-12-24)23(26)22-19-7-3-2-6-18(19)10-17-29-22/h2-9,22H,10-17H2,1H3/t22-/m1/s1. The van der Waals surface area contributed by atoms with Gasteiger partial charge in [-0.3, -0.25) is 4.79 Å². The van der Waals surface area contributed by atoms with Crippen molar-refractivity contribution in [3.05, 3.63) is 59.7 Å². The van der Waals surface area contributed by atoms with E-state index in [-0.39, 0.29) is 11.2 Å². The smallest absolute Gasteiger partial charge is 0.240 e. The van der Waals surface area contributed by atoms with E-state index in [0.717, 1.165) is 49.8 Å². The van der Waals surface area contributed by atoms with Gasteiger partial charge in [0, 0.05) is 33.3 Å². The Morgan fingerprint density at radius 1 is 1.03 bits per heavy atom. The minimum absolute atomic E-state index is 0.0591.